The quantitative estimate of drug-likeness (QED) is 0.728. The Kier molecular flexibility index (Phi) is 7.50. The Labute approximate surface area is 145 Å². The van der Waals surface area contributed by atoms with Crippen molar-refractivity contribution in [2.75, 3.05) is 26.8 Å². The van der Waals surface area contributed by atoms with Gasteiger partial charge in [0.25, 0.3) is 0 Å². The standard InChI is InChI=1S/C20H30N2O2/c1-17(2)12-21(15-20(23)16-24-3)14-19-10-7-11-22(19)13-18-8-5-4-6-9-18/h4-11,17,20,23H,12-16H2,1-3H3. The van der Waals surface area contributed by atoms with Gasteiger partial charge in [-0.15, -0.1) is 0 Å². The summed E-state index contributed by atoms with van der Waals surface area (Å²) in [5.74, 6) is 0.553. The van der Waals surface area contributed by atoms with Crippen LogP contribution in [0.3, 0.4) is 0 Å². The Hall–Kier alpha value is -1.62. The highest BCUT2D eigenvalue weighted by Crippen LogP contribution is 2.12. The first-order chi connectivity index (χ1) is 11.6. The molecule has 1 aromatic carbocycles. The molecule has 2 aromatic rings. The van der Waals surface area contributed by atoms with Crippen LogP contribution in [-0.2, 0) is 17.8 Å². The van der Waals surface area contributed by atoms with E-state index in [-0.39, 0.29) is 0 Å². The van der Waals surface area contributed by atoms with Crippen molar-refractivity contribution in [1.29, 1.82) is 0 Å². The van der Waals surface area contributed by atoms with Gasteiger partial charge in [0, 0.05) is 45.2 Å². The number of nitrogens with zero attached hydrogens (tertiary/aromatic N) is 2. The summed E-state index contributed by atoms with van der Waals surface area (Å²) < 4.78 is 7.35. The molecular weight excluding hydrogens is 300 g/mol. The molecule has 24 heavy (non-hydrogen) atoms. The molecule has 1 atom stereocenters. The monoisotopic (exact) mass is 330 g/mol. The lowest BCUT2D eigenvalue weighted by Gasteiger charge is -2.27. The van der Waals surface area contributed by atoms with Crippen molar-refractivity contribution in [2.24, 2.45) is 5.92 Å². The molecular formula is C20H30N2O2. The second-order valence-electron chi connectivity index (χ2n) is 6.81. The highest BCUT2D eigenvalue weighted by molar-refractivity contribution is 5.17. The molecule has 1 heterocycles. The van der Waals surface area contributed by atoms with E-state index in [0.717, 1.165) is 19.6 Å². The smallest absolute Gasteiger partial charge is 0.0900 e. The van der Waals surface area contributed by atoms with Crippen LogP contribution in [0.25, 0.3) is 0 Å². The number of aromatic nitrogens is 1. The van der Waals surface area contributed by atoms with Crippen LogP contribution in [0.15, 0.2) is 48.7 Å². The van der Waals surface area contributed by atoms with E-state index in [4.69, 9.17) is 4.74 Å². The molecule has 0 saturated heterocycles. The highest BCUT2D eigenvalue weighted by Gasteiger charge is 2.15. The number of benzene rings is 1. The average molecular weight is 330 g/mol. The van der Waals surface area contributed by atoms with Gasteiger partial charge in [0.05, 0.1) is 12.7 Å². The van der Waals surface area contributed by atoms with Gasteiger partial charge in [-0.1, -0.05) is 44.2 Å². The Bertz CT molecular complexity index is 580. The highest BCUT2D eigenvalue weighted by atomic mass is 16.5. The van der Waals surface area contributed by atoms with E-state index in [1.165, 1.54) is 11.3 Å². The van der Waals surface area contributed by atoms with Crippen LogP contribution in [0.1, 0.15) is 25.1 Å². The van der Waals surface area contributed by atoms with Gasteiger partial charge in [-0.3, -0.25) is 4.90 Å². The van der Waals surface area contributed by atoms with Crippen LogP contribution in [0.2, 0.25) is 0 Å². The van der Waals surface area contributed by atoms with Gasteiger partial charge < -0.3 is 14.4 Å². The molecule has 2 rings (SSSR count). The molecule has 4 heteroatoms. The first-order valence-corrected chi connectivity index (χ1v) is 8.65. The second-order valence-corrected chi connectivity index (χ2v) is 6.81. The lowest BCUT2D eigenvalue weighted by atomic mass is 10.2. The van der Waals surface area contributed by atoms with Crippen molar-refractivity contribution >= 4 is 0 Å². The van der Waals surface area contributed by atoms with E-state index in [1.54, 1.807) is 7.11 Å². The van der Waals surface area contributed by atoms with E-state index in [2.05, 4.69) is 65.9 Å². The maximum Gasteiger partial charge on any atom is 0.0900 e. The molecule has 0 spiro atoms. The summed E-state index contributed by atoms with van der Waals surface area (Å²) in [6.07, 6.45) is 1.67. The summed E-state index contributed by atoms with van der Waals surface area (Å²) in [4.78, 5) is 2.31. The van der Waals surface area contributed by atoms with Gasteiger partial charge >= 0.3 is 0 Å². The molecule has 0 amide bonds. The molecule has 132 valence electrons. The molecule has 0 aliphatic heterocycles. The largest absolute Gasteiger partial charge is 0.389 e. The van der Waals surface area contributed by atoms with Crippen molar-refractivity contribution in [3.05, 3.63) is 59.9 Å². The van der Waals surface area contributed by atoms with Gasteiger partial charge in [-0.25, -0.2) is 0 Å². The molecule has 1 unspecified atom stereocenters. The molecule has 1 aromatic heterocycles. The number of aliphatic hydroxyl groups excluding tert-OH is 1. The van der Waals surface area contributed by atoms with Crippen molar-refractivity contribution in [1.82, 2.24) is 9.47 Å². The van der Waals surface area contributed by atoms with Gasteiger partial charge in [-0.05, 0) is 23.6 Å². The van der Waals surface area contributed by atoms with Crippen molar-refractivity contribution in [3.8, 4) is 0 Å². The van der Waals surface area contributed by atoms with Crippen LogP contribution in [-0.4, -0.2) is 47.5 Å². The minimum absolute atomic E-state index is 0.375. The molecule has 4 nitrogen and oxygen atoms in total. The number of aliphatic hydroxyl groups is 1. The Morgan fingerprint density at radius 3 is 2.50 bits per heavy atom. The predicted molar refractivity (Wildman–Crippen MR) is 98.0 cm³/mol. The Balaban J connectivity index is 2.04. The number of rotatable bonds is 10. The fourth-order valence-electron chi connectivity index (χ4n) is 3.02. The average Bonchev–Trinajstić information content (AvgIpc) is 2.94. The Morgan fingerprint density at radius 2 is 1.83 bits per heavy atom. The van der Waals surface area contributed by atoms with E-state index in [0.29, 0.717) is 19.1 Å². The zero-order valence-corrected chi connectivity index (χ0v) is 15.1. The number of ether oxygens (including phenoxy) is 1. The minimum atomic E-state index is -0.453. The third-order valence-electron chi connectivity index (χ3n) is 3.96. The first kappa shape index (κ1) is 18.7. The zero-order chi connectivity index (χ0) is 17.4. The van der Waals surface area contributed by atoms with E-state index in [9.17, 15) is 5.11 Å². The van der Waals surface area contributed by atoms with Crippen molar-refractivity contribution in [2.45, 2.75) is 33.0 Å². The minimum Gasteiger partial charge on any atom is -0.389 e. The summed E-state index contributed by atoms with van der Waals surface area (Å²) in [6.45, 7) is 8.08. The summed E-state index contributed by atoms with van der Waals surface area (Å²) in [5, 5.41) is 10.1. The van der Waals surface area contributed by atoms with Crippen LogP contribution in [0, 0.1) is 5.92 Å². The molecule has 0 aliphatic rings. The van der Waals surface area contributed by atoms with E-state index < -0.39 is 6.10 Å². The Morgan fingerprint density at radius 1 is 1.08 bits per heavy atom. The molecule has 0 radical (unpaired) electrons. The van der Waals surface area contributed by atoms with Gasteiger partial charge in [0.1, 0.15) is 0 Å². The summed E-state index contributed by atoms with van der Waals surface area (Å²) >= 11 is 0. The molecule has 0 saturated carbocycles. The topological polar surface area (TPSA) is 37.6 Å². The lowest BCUT2D eigenvalue weighted by Crippen LogP contribution is -2.37. The van der Waals surface area contributed by atoms with Gasteiger partial charge in [0.15, 0.2) is 0 Å². The van der Waals surface area contributed by atoms with E-state index in [1.807, 2.05) is 6.07 Å². The van der Waals surface area contributed by atoms with Crippen LogP contribution in [0.4, 0.5) is 0 Å². The SMILES string of the molecule is COCC(O)CN(Cc1cccn1Cc1ccccc1)CC(C)C. The fraction of sp³-hybridized carbons (Fsp3) is 0.500. The first-order valence-electron chi connectivity index (χ1n) is 8.65. The lowest BCUT2D eigenvalue weighted by molar-refractivity contribution is 0.0326. The van der Waals surface area contributed by atoms with E-state index >= 15 is 0 Å². The maximum atomic E-state index is 10.1. The summed E-state index contributed by atoms with van der Waals surface area (Å²) in [7, 11) is 1.63. The van der Waals surface area contributed by atoms with Gasteiger partial charge in [0.2, 0.25) is 0 Å². The molecule has 0 fully saturated rings. The number of methoxy groups -OCH3 is 1. The molecule has 0 aliphatic carbocycles. The third kappa shape index (κ3) is 6.11. The summed E-state index contributed by atoms with van der Waals surface area (Å²) in [6, 6.07) is 14.8. The van der Waals surface area contributed by atoms with Crippen LogP contribution in [0.5, 0.6) is 0 Å². The number of hydrogen-bond acceptors (Lipinski definition) is 3. The molecule has 0 bridgehead atoms. The second kappa shape index (κ2) is 9.62. The van der Waals surface area contributed by atoms with Crippen LogP contribution < -0.4 is 0 Å². The van der Waals surface area contributed by atoms with Crippen molar-refractivity contribution in [3.63, 3.8) is 0 Å². The summed E-state index contributed by atoms with van der Waals surface area (Å²) in [5.41, 5.74) is 2.56. The fourth-order valence-corrected chi connectivity index (χ4v) is 3.02. The zero-order valence-electron chi connectivity index (χ0n) is 15.1. The third-order valence-corrected chi connectivity index (χ3v) is 3.96. The predicted octanol–water partition coefficient (Wildman–Crippen LogP) is 3.00. The maximum absolute atomic E-state index is 10.1. The number of hydrogen-bond donors (Lipinski definition) is 1. The molecule has 1 N–H and O–H groups in total. The van der Waals surface area contributed by atoms with Crippen LogP contribution >= 0.6 is 0 Å². The normalized spacial score (nSPS) is 12.9. The van der Waals surface area contributed by atoms with Crippen molar-refractivity contribution < 1.29 is 9.84 Å². The van der Waals surface area contributed by atoms with Gasteiger partial charge in [-0.2, -0.15) is 0 Å².